The van der Waals surface area contributed by atoms with Crippen LogP contribution in [0.1, 0.15) is 11.4 Å². The molecule has 2 rings (SSSR count). The Labute approximate surface area is 109 Å². The predicted molar refractivity (Wildman–Crippen MR) is 62.1 cm³/mol. The third kappa shape index (κ3) is 2.01. The summed E-state index contributed by atoms with van der Waals surface area (Å²) in [5.41, 5.74) is -2.18. The highest BCUT2D eigenvalue weighted by Gasteiger charge is 2.39. The Hall–Kier alpha value is -1.83. The maximum Gasteiger partial charge on any atom is 0.418 e. The van der Waals surface area contributed by atoms with Gasteiger partial charge in [0.25, 0.3) is 0 Å². The first-order valence-corrected chi connectivity index (χ1v) is 5.39. The first-order valence-electron chi connectivity index (χ1n) is 5.01. The fraction of sp³-hybridized carbons (Fsp3) is 0.300. The van der Waals surface area contributed by atoms with Gasteiger partial charge in [0.2, 0.25) is 0 Å². The quantitative estimate of drug-likeness (QED) is 0.597. The van der Waals surface area contributed by atoms with Crippen molar-refractivity contribution in [3.8, 4) is 0 Å². The molecule has 0 N–H and O–H groups in total. The lowest BCUT2D eigenvalue weighted by Crippen LogP contribution is -2.08. The number of nitro benzene ring substituents is 1. The molecule has 1 aromatic carbocycles. The molecule has 0 spiro atoms. The van der Waals surface area contributed by atoms with Gasteiger partial charge in [-0.25, -0.2) is 4.98 Å². The zero-order valence-corrected chi connectivity index (χ0v) is 10.5. The van der Waals surface area contributed by atoms with Crippen molar-refractivity contribution in [1.29, 1.82) is 0 Å². The number of hydrogen-bond acceptors (Lipinski definition) is 3. The summed E-state index contributed by atoms with van der Waals surface area (Å²) in [4.78, 5) is 13.9. The van der Waals surface area contributed by atoms with Crippen molar-refractivity contribution < 1.29 is 18.1 Å². The first-order chi connectivity index (χ1) is 8.64. The number of hydrogen-bond donors (Lipinski definition) is 0. The Bertz CT molecular complexity index is 694. The summed E-state index contributed by atoms with van der Waals surface area (Å²) in [6.45, 7) is 1.53. The Morgan fingerprint density at radius 3 is 2.53 bits per heavy atom. The number of benzene rings is 1. The molecule has 5 nitrogen and oxygen atoms in total. The van der Waals surface area contributed by atoms with Crippen LogP contribution >= 0.6 is 11.6 Å². The number of imidazole rings is 1. The standard InChI is InChI=1S/C10H7ClF3N3O2/c1-4-15-6-3-5(10(12,13)14)7(11)9(17(18)19)8(6)16(4)2/h3H,1-2H3. The number of nitro groups is 1. The maximum atomic E-state index is 12.8. The second-order valence-corrected chi connectivity index (χ2v) is 4.31. The maximum absolute atomic E-state index is 12.8. The summed E-state index contributed by atoms with van der Waals surface area (Å²) in [6, 6.07) is 0.720. The molecule has 0 radical (unpaired) electrons. The van der Waals surface area contributed by atoms with Crippen LogP contribution in [-0.4, -0.2) is 14.5 Å². The van der Waals surface area contributed by atoms with E-state index >= 15 is 0 Å². The minimum Gasteiger partial charge on any atom is -0.326 e. The van der Waals surface area contributed by atoms with Gasteiger partial charge in [-0.2, -0.15) is 13.2 Å². The summed E-state index contributed by atoms with van der Waals surface area (Å²) >= 11 is 5.55. The SMILES string of the molecule is Cc1nc2cc(C(F)(F)F)c(Cl)c([N+](=O)[O-])c2n1C. The van der Waals surface area contributed by atoms with E-state index in [1.807, 2.05) is 0 Å². The summed E-state index contributed by atoms with van der Waals surface area (Å²) in [6.07, 6.45) is -4.78. The normalized spacial score (nSPS) is 12.1. The lowest BCUT2D eigenvalue weighted by Gasteiger charge is -2.09. The number of nitrogens with zero attached hydrogens (tertiary/aromatic N) is 3. The highest BCUT2D eigenvalue weighted by Crippen LogP contribution is 2.43. The average Bonchev–Trinajstić information content (AvgIpc) is 2.53. The third-order valence-electron chi connectivity index (χ3n) is 2.78. The van der Waals surface area contributed by atoms with Gasteiger partial charge in [0, 0.05) is 7.05 Å². The van der Waals surface area contributed by atoms with Crippen LogP contribution in [0.5, 0.6) is 0 Å². The van der Waals surface area contributed by atoms with Crippen LogP contribution in [0.25, 0.3) is 11.0 Å². The Morgan fingerprint density at radius 2 is 2.05 bits per heavy atom. The number of aryl methyl sites for hydroxylation is 2. The molecule has 0 aliphatic heterocycles. The fourth-order valence-corrected chi connectivity index (χ4v) is 2.14. The van der Waals surface area contributed by atoms with Gasteiger partial charge < -0.3 is 4.57 Å². The van der Waals surface area contributed by atoms with Crippen LogP contribution in [0, 0.1) is 17.0 Å². The van der Waals surface area contributed by atoms with Crippen LogP contribution in [0.2, 0.25) is 5.02 Å². The van der Waals surface area contributed by atoms with Crippen molar-refractivity contribution in [3.05, 3.63) is 32.6 Å². The van der Waals surface area contributed by atoms with E-state index in [0.29, 0.717) is 5.82 Å². The molecule has 0 aliphatic carbocycles. The molecule has 0 aliphatic rings. The second kappa shape index (κ2) is 4.09. The monoisotopic (exact) mass is 293 g/mol. The predicted octanol–water partition coefficient (Wildman–Crippen LogP) is 3.46. The molecule has 0 saturated carbocycles. The van der Waals surface area contributed by atoms with Crippen LogP contribution in [0.3, 0.4) is 0 Å². The summed E-state index contributed by atoms with van der Waals surface area (Å²) in [7, 11) is 1.47. The van der Waals surface area contributed by atoms with E-state index in [2.05, 4.69) is 4.98 Å². The van der Waals surface area contributed by atoms with E-state index in [1.54, 1.807) is 0 Å². The van der Waals surface area contributed by atoms with Crippen LogP contribution < -0.4 is 0 Å². The zero-order valence-electron chi connectivity index (χ0n) is 9.75. The number of fused-ring (bicyclic) bond motifs is 1. The number of rotatable bonds is 1. The molecule has 0 saturated heterocycles. The van der Waals surface area contributed by atoms with E-state index < -0.39 is 27.4 Å². The van der Waals surface area contributed by atoms with Gasteiger partial charge in [0.05, 0.1) is 16.0 Å². The van der Waals surface area contributed by atoms with E-state index in [0.717, 1.165) is 6.07 Å². The van der Waals surface area contributed by atoms with E-state index in [4.69, 9.17) is 11.6 Å². The largest absolute Gasteiger partial charge is 0.418 e. The van der Waals surface area contributed by atoms with Gasteiger partial charge in [-0.15, -0.1) is 0 Å². The topological polar surface area (TPSA) is 61.0 Å². The van der Waals surface area contributed by atoms with Gasteiger partial charge >= 0.3 is 11.9 Å². The van der Waals surface area contributed by atoms with Crippen molar-refractivity contribution in [3.63, 3.8) is 0 Å². The Balaban J connectivity index is 3.00. The molecule has 0 amide bonds. The number of halogens is 4. The van der Waals surface area contributed by atoms with Crippen molar-refractivity contribution in [2.75, 3.05) is 0 Å². The van der Waals surface area contributed by atoms with Crippen molar-refractivity contribution in [2.45, 2.75) is 13.1 Å². The smallest absolute Gasteiger partial charge is 0.326 e. The molecule has 0 fully saturated rings. The third-order valence-corrected chi connectivity index (χ3v) is 3.17. The highest BCUT2D eigenvalue weighted by molar-refractivity contribution is 6.34. The highest BCUT2D eigenvalue weighted by atomic mass is 35.5. The number of aromatic nitrogens is 2. The molecule has 19 heavy (non-hydrogen) atoms. The van der Waals surface area contributed by atoms with E-state index in [1.165, 1.54) is 18.5 Å². The van der Waals surface area contributed by atoms with Gasteiger partial charge in [-0.3, -0.25) is 10.1 Å². The molecule has 0 bridgehead atoms. The van der Waals surface area contributed by atoms with Crippen molar-refractivity contribution in [2.24, 2.45) is 7.05 Å². The summed E-state index contributed by atoms with van der Waals surface area (Å²) < 4.78 is 39.7. The molecule has 9 heteroatoms. The average molecular weight is 294 g/mol. The van der Waals surface area contributed by atoms with Crippen LogP contribution in [0.4, 0.5) is 18.9 Å². The molecule has 0 atom stereocenters. The van der Waals surface area contributed by atoms with Gasteiger partial charge in [-0.1, -0.05) is 11.6 Å². The first kappa shape index (κ1) is 13.6. The molecule has 102 valence electrons. The minimum atomic E-state index is -4.78. The molecule has 0 unspecified atom stereocenters. The van der Waals surface area contributed by atoms with Gasteiger partial charge in [-0.05, 0) is 13.0 Å². The van der Waals surface area contributed by atoms with Crippen LogP contribution in [-0.2, 0) is 13.2 Å². The van der Waals surface area contributed by atoms with E-state index in [9.17, 15) is 23.3 Å². The van der Waals surface area contributed by atoms with Gasteiger partial charge in [0.15, 0.2) is 0 Å². The Kier molecular flexibility index (Phi) is 2.93. The van der Waals surface area contributed by atoms with Crippen molar-refractivity contribution in [1.82, 2.24) is 9.55 Å². The lowest BCUT2D eigenvalue weighted by atomic mass is 10.1. The summed E-state index contributed by atoms with van der Waals surface area (Å²) in [5, 5.41) is 10.1. The summed E-state index contributed by atoms with van der Waals surface area (Å²) in [5.74, 6) is 0.355. The molecular formula is C10H7ClF3N3O2. The fourth-order valence-electron chi connectivity index (χ4n) is 1.82. The lowest BCUT2D eigenvalue weighted by molar-refractivity contribution is -0.383. The molecule has 2 aromatic rings. The second-order valence-electron chi connectivity index (χ2n) is 3.93. The number of alkyl halides is 3. The van der Waals surface area contributed by atoms with Crippen LogP contribution in [0.15, 0.2) is 6.07 Å². The molecule has 1 heterocycles. The van der Waals surface area contributed by atoms with Crippen molar-refractivity contribution >= 4 is 28.3 Å². The zero-order chi connectivity index (χ0) is 14.5. The molecular weight excluding hydrogens is 287 g/mol. The Morgan fingerprint density at radius 1 is 1.47 bits per heavy atom. The van der Waals surface area contributed by atoms with Gasteiger partial charge in [0.1, 0.15) is 16.4 Å². The molecule has 1 aromatic heterocycles. The minimum absolute atomic E-state index is 0.0273. The van der Waals surface area contributed by atoms with E-state index in [-0.39, 0.29) is 11.0 Å².